The molecule has 3 fully saturated rings. The second-order valence-corrected chi connectivity index (χ2v) is 10.7. The first-order valence-corrected chi connectivity index (χ1v) is 12.3. The number of carboxylic acids is 1. The van der Waals surface area contributed by atoms with Crippen molar-refractivity contribution in [2.45, 2.75) is 56.4 Å². The molecule has 2 bridgehead atoms. The van der Waals surface area contributed by atoms with Crippen molar-refractivity contribution in [2.24, 2.45) is 11.8 Å². The van der Waals surface area contributed by atoms with Crippen LogP contribution in [0, 0.1) is 23.5 Å². The van der Waals surface area contributed by atoms with Crippen LogP contribution in [0.1, 0.15) is 54.6 Å². The van der Waals surface area contributed by atoms with Crippen LogP contribution in [-0.4, -0.2) is 38.7 Å². The van der Waals surface area contributed by atoms with Gasteiger partial charge in [0, 0.05) is 39.8 Å². The van der Waals surface area contributed by atoms with E-state index in [1.807, 2.05) is 36.1 Å². The van der Waals surface area contributed by atoms with Crippen molar-refractivity contribution in [1.29, 1.82) is 0 Å². The molecule has 2 heterocycles. The molecule has 7 rings (SSSR count). The number of fused-ring (bicyclic) bond motifs is 4. The molecule has 1 aromatic heterocycles. The minimum absolute atomic E-state index is 0.0494. The summed E-state index contributed by atoms with van der Waals surface area (Å²) in [6.45, 7) is 1.92. The van der Waals surface area contributed by atoms with E-state index in [-0.39, 0.29) is 23.6 Å². The Balaban J connectivity index is 1.52. The molecule has 4 nitrogen and oxygen atoms in total. The van der Waals surface area contributed by atoms with Crippen molar-refractivity contribution < 1.29 is 31.9 Å². The average molecular weight is 517 g/mol. The van der Waals surface area contributed by atoms with Crippen LogP contribution < -0.4 is 0 Å². The van der Waals surface area contributed by atoms with Gasteiger partial charge in [-0.3, -0.25) is 4.90 Å². The van der Waals surface area contributed by atoms with Gasteiger partial charge in [0.25, 0.3) is 0 Å². The van der Waals surface area contributed by atoms with Gasteiger partial charge in [0.15, 0.2) is 0 Å². The Morgan fingerprint density at radius 1 is 1.14 bits per heavy atom. The fourth-order valence-corrected chi connectivity index (χ4v) is 7.26. The largest absolute Gasteiger partial charge is 0.478 e. The lowest BCUT2D eigenvalue weighted by Crippen LogP contribution is -2.59. The summed E-state index contributed by atoms with van der Waals surface area (Å²) >= 11 is 0. The number of nitrogens with one attached hydrogen (secondary N) is 1. The molecule has 3 aromatic rings. The van der Waals surface area contributed by atoms with Crippen molar-refractivity contribution in [1.82, 2.24) is 9.88 Å². The quantitative estimate of drug-likeness (QED) is 0.303. The summed E-state index contributed by atoms with van der Waals surface area (Å²) in [5.41, 5.74) is 1.32. The normalized spacial score (nSPS) is 29.6. The first-order chi connectivity index (χ1) is 17.5. The van der Waals surface area contributed by atoms with Gasteiger partial charge in [-0.1, -0.05) is 18.2 Å². The van der Waals surface area contributed by atoms with E-state index in [0.717, 1.165) is 40.8 Å². The lowest BCUT2D eigenvalue weighted by molar-refractivity contribution is -0.180. The summed E-state index contributed by atoms with van der Waals surface area (Å²) in [5, 5.41) is 9.81. The second kappa shape index (κ2) is 8.15. The zero-order chi connectivity index (χ0) is 26.3. The van der Waals surface area contributed by atoms with Crippen LogP contribution in [0.25, 0.3) is 17.0 Å². The molecule has 1 unspecified atom stereocenters. The Bertz CT molecular complexity index is 1410. The van der Waals surface area contributed by atoms with Crippen LogP contribution in [0.5, 0.6) is 0 Å². The van der Waals surface area contributed by atoms with Crippen molar-refractivity contribution in [3.63, 3.8) is 0 Å². The Labute approximate surface area is 209 Å². The summed E-state index contributed by atoms with van der Waals surface area (Å²) in [6.07, 6.45) is -1.26. The molecule has 3 saturated carbocycles. The Morgan fingerprint density at radius 2 is 1.81 bits per heavy atom. The van der Waals surface area contributed by atoms with Crippen molar-refractivity contribution >= 4 is 22.9 Å². The maximum absolute atomic E-state index is 15.7. The highest BCUT2D eigenvalue weighted by molar-refractivity contribution is 5.86. The maximum Gasteiger partial charge on any atom is 0.392 e. The molecule has 3 aliphatic carbocycles. The number of aliphatic carboxylic acids is 1. The summed E-state index contributed by atoms with van der Waals surface area (Å²) in [7, 11) is 0. The minimum Gasteiger partial charge on any atom is -0.478 e. The van der Waals surface area contributed by atoms with Crippen LogP contribution in [0.2, 0.25) is 0 Å². The van der Waals surface area contributed by atoms with E-state index in [4.69, 9.17) is 5.11 Å². The molecule has 4 aliphatic rings. The highest BCUT2D eigenvalue weighted by Crippen LogP contribution is 2.65. The molecular formula is C28H25F5N2O2. The Kier molecular flexibility index (Phi) is 5.32. The van der Waals surface area contributed by atoms with Gasteiger partial charge in [0.2, 0.25) is 0 Å². The highest BCUT2D eigenvalue weighted by atomic mass is 19.4. The van der Waals surface area contributed by atoms with Gasteiger partial charge in [0.05, 0.1) is 12.0 Å². The standard InChI is InChI=1S/C28H25F5N2O2/c1-14-8-18-17-4-2-3-5-22(17)34-25(18)26(24-20(29)9-15(10-21(24)30)6-7-23(36)37)35(14)27-11-16(12-27)19(13-27)28(31,32)33/h2-7,9-10,14,16,19,26,34H,8,11-13H2,1H3,(H,36,37)/b7-6+/t14-,16?,19?,26-,27?/m1/s1. The highest BCUT2D eigenvalue weighted by Gasteiger charge is 2.67. The van der Waals surface area contributed by atoms with Gasteiger partial charge in [-0.05, 0) is 73.9 Å². The van der Waals surface area contributed by atoms with E-state index in [1.54, 1.807) is 0 Å². The van der Waals surface area contributed by atoms with Crippen LogP contribution in [0.3, 0.4) is 0 Å². The first kappa shape index (κ1) is 24.2. The fourth-order valence-electron chi connectivity index (χ4n) is 7.26. The third kappa shape index (κ3) is 3.69. The van der Waals surface area contributed by atoms with E-state index < -0.39 is 47.2 Å². The predicted molar refractivity (Wildman–Crippen MR) is 128 cm³/mol. The number of alkyl halides is 3. The van der Waals surface area contributed by atoms with Gasteiger partial charge < -0.3 is 10.1 Å². The number of benzene rings is 2. The number of hydrogen-bond donors (Lipinski definition) is 2. The van der Waals surface area contributed by atoms with E-state index >= 15 is 8.78 Å². The predicted octanol–water partition coefficient (Wildman–Crippen LogP) is 6.61. The number of hydrogen-bond acceptors (Lipinski definition) is 2. The van der Waals surface area contributed by atoms with Gasteiger partial charge in [0.1, 0.15) is 11.6 Å². The van der Waals surface area contributed by atoms with E-state index in [0.29, 0.717) is 25.0 Å². The van der Waals surface area contributed by atoms with Crippen LogP contribution >= 0.6 is 0 Å². The number of carboxylic acid groups (broad SMARTS) is 1. The number of halogens is 5. The van der Waals surface area contributed by atoms with Crippen molar-refractivity contribution in [3.8, 4) is 0 Å². The van der Waals surface area contributed by atoms with Gasteiger partial charge in [-0.25, -0.2) is 13.6 Å². The molecular weight excluding hydrogens is 491 g/mol. The molecule has 1 aliphatic heterocycles. The lowest BCUT2D eigenvalue weighted by atomic mass is 9.71. The molecule has 9 heteroatoms. The zero-order valence-electron chi connectivity index (χ0n) is 19.9. The van der Waals surface area contributed by atoms with Crippen LogP contribution in [0.15, 0.2) is 42.5 Å². The van der Waals surface area contributed by atoms with E-state index in [9.17, 15) is 18.0 Å². The topological polar surface area (TPSA) is 56.3 Å². The smallest absolute Gasteiger partial charge is 0.392 e. The maximum atomic E-state index is 15.7. The number of nitrogens with zero attached hydrogens (tertiary/aromatic N) is 1. The second-order valence-electron chi connectivity index (χ2n) is 10.7. The number of rotatable bonds is 4. The van der Waals surface area contributed by atoms with Gasteiger partial charge in [-0.2, -0.15) is 13.2 Å². The number of aromatic nitrogens is 1. The third-order valence-electron chi connectivity index (χ3n) is 8.59. The summed E-state index contributed by atoms with van der Waals surface area (Å²) < 4.78 is 72.8. The molecule has 0 saturated heterocycles. The first-order valence-electron chi connectivity index (χ1n) is 12.3. The lowest BCUT2D eigenvalue weighted by Gasteiger charge is -2.55. The SMILES string of the molecule is C[C@@H]1Cc2c([nH]c3ccccc23)[C@@H](c2c(F)cc(/C=C/C(=O)O)cc2F)N1C12CC(C1)C(C(F)(F)F)C2. The minimum atomic E-state index is -4.31. The molecule has 3 atom stereocenters. The molecule has 2 aromatic carbocycles. The Hall–Kier alpha value is -3.20. The Morgan fingerprint density at radius 3 is 2.43 bits per heavy atom. The van der Waals surface area contributed by atoms with Gasteiger partial charge >= 0.3 is 12.1 Å². The van der Waals surface area contributed by atoms with Crippen LogP contribution in [-0.2, 0) is 11.2 Å². The summed E-state index contributed by atoms with van der Waals surface area (Å²) in [5.74, 6) is -4.87. The third-order valence-corrected chi connectivity index (χ3v) is 8.59. The number of aromatic amines is 1. The van der Waals surface area contributed by atoms with Crippen LogP contribution in [0.4, 0.5) is 22.0 Å². The molecule has 194 valence electrons. The molecule has 37 heavy (non-hydrogen) atoms. The summed E-state index contributed by atoms with van der Waals surface area (Å²) in [4.78, 5) is 16.1. The molecule has 0 radical (unpaired) electrons. The monoisotopic (exact) mass is 516 g/mol. The fraction of sp³-hybridized carbons (Fsp3) is 0.393. The van der Waals surface area contributed by atoms with E-state index in [1.165, 1.54) is 0 Å². The number of H-pyrrole nitrogens is 1. The summed E-state index contributed by atoms with van der Waals surface area (Å²) in [6, 6.07) is 8.49. The number of carbonyl (C=O) groups is 1. The van der Waals surface area contributed by atoms with Gasteiger partial charge in [-0.15, -0.1) is 0 Å². The van der Waals surface area contributed by atoms with E-state index in [2.05, 4.69) is 4.98 Å². The van der Waals surface area contributed by atoms with Crippen molar-refractivity contribution in [2.75, 3.05) is 0 Å². The molecule has 0 spiro atoms. The van der Waals surface area contributed by atoms with Crippen molar-refractivity contribution in [3.05, 3.63) is 76.5 Å². The number of para-hydroxylation sites is 1. The average Bonchev–Trinajstić information content (AvgIpc) is 3.47. The zero-order valence-corrected chi connectivity index (χ0v) is 19.9. The molecule has 2 N–H and O–H groups in total. The molecule has 0 amide bonds.